The summed E-state index contributed by atoms with van der Waals surface area (Å²) in [5.41, 5.74) is 1.17. The average Bonchev–Trinajstić information content (AvgIpc) is 2.29. The maximum atomic E-state index is 6.22. The van der Waals surface area contributed by atoms with Crippen LogP contribution in [0.5, 0.6) is 0 Å². The molecule has 2 rings (SSSR count). The van der Waals surface area contributed by atoms with E-state index in [1.165, 1.54) is 12.1 Å². The number of hydrogen-bond donors (Lipinski definition) is 1. The Morgan fingerprint density at radius 2 is 2.12 bits per heavy atom. The number of halogens is 1. The Labute approximate surface area is 103 Å². The van der Waals surface area contributed by atoms with Crippen LogP contribution in [0, 0.1) is 5.92 Å². The first-order valence-corrected chi connectivity index (χ1v) is 6.27. The summed E-state index contributed by atoms with van der Waals surface area (Å²) in [5.74, 6) is 0.662. The first kappa shape index (κ1) is 11.7. The third kappa shape index (κ3) is 2.33. The first-order valence-electron chi connectivity index (χ1n) is 5.89. The van der Waals surface area contributed by atoms with E-state index in [0.717, 1.165) is 18.1 Å². The van der Waals surface area contributed by atoms with Gasteiger partial charge in [-0.1, -0.05) is 30.7 Å². The van der Waals surface area contributed by atoms with Crippen molar-refractivity contribution in [1.29, 1.82) is 0 Å². The van der Waals surface area contributed by atoms with Crippen LogP contribution in [0.15, 0.2) is 24.3 Å². The van der Waals surface area contributed by atoms with Crippen LogP contribution in [0.25, 0.3) is 0 Å². The van der Waals surface area contributed by atoms with Gasteiger partial charge in [-0.2, -0.15) is 0 Å². The predicted molar refractivity (Wildman–Crippen MR) is 70.3 cm³/mol. The zero-order valence-corrected chi connectivity index (χ0v) is 10.7. The van der Waals surface area contributed by atoms with E-state index in [1.807, 2.05) is 19.2 Å². The van der Waals surface area contributed by atoms with Crippen molar-refractivity contribution < 1.29 is 0 Å². The van der Waals surface area contributed by atoms with Gasteiger partial charge in [-0.3, -0.25) is 0 Å². The second-order valence-corrected chi connectivity index (χ2v) is 4.97. The molecule has 0 bridgehead atoms. The van der Waals surface area contributed by atoms with E-state index in [2.05, 4.69) is 29.3 Å². The van der Waals surface area contributed by atoms with Crippen molar-refractivity contribution in [2.24, 2.45) is 5.92 Å². The summed E-state index contributed by atoms with van der Waals surface area (Å²) in [4.78, 5) is 2.39. The molecule has 2 atom stereocenters. The minimum Gasteiger partial charge on any atom is -0.370 e. The van der Waals surface area contributed by atoms with Crippen LogP contribution in [0.3, 0.4) is 0 Å². The molecular formula is C13H19ClN2. The molecular weight excluding hydrogens is 220 g/mol. The SMILES string of the molecule is CNC1CCN(c2ccccc2Cl)CC1C. The highest BCUT2D eigenvalue weighted by Gasteiger charge is 2.25. The number of rotatable bonds is 2. The molecule has 1 aromatic rings. The summed E-state index contributed by atoms with van der Waals surface area (Å²) in [6.45, 7) is 4.46. The van der Waals surface area contributed by atoms with Gasteiger partial charge in [0, 0.05) is 19.1 Å². The molecule has 16 heavy (non-hydrogen) atoms. The van der Waals surface area contributed by atoms with Gasteiger partial charge in [0.05, 0.1) is 10.7 Å². The van der Waals surface area contributed by atoms with E-state index in [-0.39, 0.29) is 0 Å². The molecule has 1 fully saturated rings. The van der Waals surface area contributed by atoms with Crippen molar-refractivity contribution >= 4 is 17.3 Å². The molecule has 1 N–H and O–H groups in total. The number of para-hydroxylation sites is 1. The van der Waals surface area contributed by atoms with Crippen LogP contribution in [0.1, 0.15) is 13.3 Å². The Morgan fingerprint density at radius 1 is 1.38 bits per heavy atom. The average molecular weight is 239 g/mol. The molecule has 0 saturated carbocycles. The van der Waals surface area contributed by atoms with Crippen LogP contribution in [0.2, 0.25) is 5.02 Å². The number of nitrogens with zero attached hydrogens (tertiary/aromatic N) is 1. The van der Waals surface area contributed by atoms with Crippen LogP contribution >= 0.6 is 11.6 Å². The summed E-state index contributed by atoms with van der Waals surface area (Å²) in [6, 6.07) is 8.74. The van der Waals surface area contributed by atoms with Gasteiger partial charge in [0.25, 0.3) is 0 Å². The van der Waals surface area contributed by atoms with Crippen molar-refractivity contribution in [2.45, 2.75) is 19.4 Å². The normalized spacial score (nSPS) is 25.8. The fraction of sp³-hybridized carbons (Fsp3) is 0.538. The van der Waals surface area contributed by atoms with Crippen molar-refractivity contribution in [3.8, 4) is 0 Å². The molecule has 0 aromatic heterocycles. The van der Waals surface area contributed by atoms with Crippen molar-refractivity contribution in [3.05, 3.63) is 29.3 Å². The lowest BCUT2D eigenvalue weighted by Gasteiger charge is -2.38. The van der Waals surface area contributed by atoms with Crippen molar-refractivity contribution in [3.63, 3.8) is 0 Å². The van der Waals surface area contributed by atoms with Gasteiger partial charge < -0.3 is 10.2 Å². The predicted octanol–water partition coefficient (Wildman–Crippen LogP) is 2.77. The minimum absolute atomic E-state index is 0.638. The van der Waals surface area contributed by atoms with Crippen molar-refractivity contribution in [1.82, 2.24) is 5.32 Å². The summed E-state index contributed by atoms with van der Waals surface area (Å²) < 4.78 is 0. The highest BCUT2D eigenvalue weighted by atomic mass is 35.5. The molecule has 88 valence electrons. The van der Waals surface area contributed by atoms with Crippen LogP contribution in [0.4, 0.5) is 5.69 Å². The maximum absolute atomic E-state index is 6.22. The first-order chi connectivity index (χ1) is 7.72. The minimum atomic E-state index is 0.638. The van der Waals surface area contributed by atoms with Crippen molar-refractivity contribution in [2.75, 3.05) is 25.0 Å². The second-order valence-electron chi connectivity index (χ2n) is 4.56. The maximum Gasteiger partial charge on any atom is 0.0639 e. The monoisotopic (exact) mass is 238 g/mol. The van der Waals surface area contributed by atoms with Gasteiger partial charge in [0.1, 0.15) is 0 Å². The Bertz CT molecular complexity index is 354. The van der Waals surface area contributed by atoms with Gasteiger partial charge in [0.2, 0.25) is 0 Å². The molecule has 0 radical (unpaired) electrons. The smallest absolute Gasteiger partial charge is 0.0639 e. The highest BCUT2D eigenvalue weighted by molar-refractivity contribution is 6.33. The molecule has 2 nitrogen and oxygen atoms in total. The van der Waals surface area contributed by atoms with E-state index in [9.17, 15) is 0 Å². The van der Waals surface area contributed by atoms with E-state index in [4.69, 9.17) is 11.6 Å². The Balaban J connectivity index is 2.11. The fourth-order valence-electron chi connectivity index (χ4n) is 2.50. The number of piperidine rings is 1. The van der Waals surface area contributed by atoms with Gasteiger partial charge in [-0.15, -0.1) is 0 Å². The summed E-state index contributed by atoms with van der Waals surface area (Å²) >= 11 is 6.22. The van der Waals surface area contributed by atoms with E-state index in [0.29, 0.717) is 12.0 Å². The number of anilines is 1. The third-order valence-electron chi connectivity index (χ3n) is 3.47. The zero-order valence-electron chi connectivity index (χ0n) is 9.91. The molecule has 3 heteroatoms. The third-order valence-corrected chi connectivity index (χ3v) is 3.79. The van der Waals surface area contributed by atoms with E-state index >= 15 is 0 Å². The van der Waals surface area contributed by atoms with Gasteiger partial charge in [-0.25, -0.2) is 0 Å². The second kappa shape index (κ2) is 5.07. The number of nitrogens with one attached hydrogen (secondary N) is 1. The lowest BCUT2D eigenvalue weighted by molar-refractivity contribution is 0.339. The molecule has 2 unspecified atom stereocenters. The largest absolute Gasteiger partial charge is 0.370 e. The van der Waals surface area contributed by atoms with Crippen LogP contribution in [-0.2, 0) is 0 Å². The molecule has 1 heterocycles. The lowest BCUT2D eigenvalue weighted by Crippen LogP contribution is -2.47. The lowest BCUT2D eigenvalue weighted by atomic mass is 9.93. The molecule has 0 aliphatic carbocycles. The number of benzene rings is 1. The van der Waals surface area contributed by atoms with E-state index in [1.54, 1.807) is 0 Å². The van der Waals surface area contributed by atoms with Crippen LogP contribution < -0.4 is 10.2 Å². The Hall–Kier alpha value is -0.730. The standard InChI is InChI=1S/C13H19ClN2/c1-10-9-16(8-7-12(10)15-2)13-6-4-3-5-11(13)14/h3-6,10,12,15H,7-9H2,1-2H3. The molecule has 1 aromatic carbocycles. The Morgan fingerprint density at radius 3 is 2.75 bits per heavy atom. The quantitative estimate of drug-likeness (QED) is 0.853. The highest BCUT2D eigenvalue weighted by Crippen LogP contribution is 2.29. The molecule has 0 amide bonds. The summed E-state index contributed by atoms with van der Waals surface area (Å²) in [6.07, 6.45) is 1.18. The zero-order chi connectivity index (χ0) is 11.5. The van der Waals surface area contributed by atoms with Gasteiger partial charge in [0.15, 0.2) is 0 Å². The van der Waals surface area contributed by atoms with Crippen LogP contribution in [-0.4, -0.2) is 26.2 Å². The fourth-order valence-corrected chi connectivity index (χ4v) is 2.76. The molecule has 1 aliphatic heterocycles. The summed E-state index contributed by atoms with van der Waals surface area (Å²) in [5, 5.41) is 4.24. The molecule has 1 saturated heterocycles. The number of hydrogen-bond acceptors (Lipinski definition) is 2. The van der Waals surface area contributed by atoms with Gasteiger partial charge in [-0.05, 0) is 31.5 Å². The van der Waals surface area contributed by atoms with E-state index < -0.39 is 0 Å². The molecule has 0 spiro atoms. The van der Waals surface area contributed by atoms with Gasteiger partial charge >= 0.3 is 0 Å². The topological polar surface area (TPSA) is 15.3 Å². The molecule has 1 aliphatic rings. The Kier molecular flexibility index (Phi) is 3.72. The summed E-state index contributed by atoms with van der Waals surface area (Å²) in [7, 11) is 2.05.